The predicted octanol–water partition coefficient (Wildman–Crippen LogP) is 0.116. The van der Waals surface area contributed by atoms with E-state index in [1.165, 1.54) is 4.31 Å². The number of carbonyl (C=O) groups excluding carboxylic acids is 1. The number of hydrogen-bond acceptors (Lipinski definition) is 4. The minimum atomic E-state index is -3.47. The van der Waals surface area contributed by atoms with Crippen molar-refractivity contribution in [3.8, 4) is 0 Å². The summed E-state index contributed by atoms with van der Waals surface area (Å²) in [4.78, 5) is 13.8. The molecule has 20 heavy (non-hydrogen) atoms. The fourth-order valence-electron chi connectivity index (χ4n) is 2.63. The molecule has 0 bridgehead atoms. The lowest BCUT2D eigenvalue weighted by molar-refractivity contribution is -0.129. The van der Waals surface area contributed by atoms with E-state index < -0.39 is 15.8 Å². The van der Waals surface area contributed by atoms with Crippen LogP contribution in [0.4, 0.5) is 0 Å². The zero-order valence-corrected chi connectivity index (χ0v) is 13.6. The lowest BCUT2D eigenvalue weighted by Crippen LogP contribution is -2.45. The molecule has 1 aliphatic rings. The largest absolute Gasteiger partial charge is 0.342 e. The van der Waals surface area contributed by atoms with Crippen LogP contribution in [0.2, 0.25) is 0 Å². The number of carbonyl (C=O) groups is 1. The Labute approximate surface area is 122 Å². The molecule has 1 amide bonds. The van der Waals surface area contributed by atoms with Gasteiger partial charge in [0, 0.05) is 26.2 Å². The fraction of sp³-hybridized carbons (Fsp3) is 0.923. The second-order valence-electron chi connectivity index (χ2n) is 5.22. The minimum Gasteiger partial charge on any atom is -0.342 e. The van der Waals surface area contributed by atoms with E-state index in [1.54, 1.807) is 18.7 Å². The van der Waals surface area contributed by atoms with E-state index in [2.05, 4.69) is 5.32 Å². The summed E-state index contributed by atoms with van der Waals surface area (Å²) in [5.74, 6) is -0.0750. The van der Waals surface area contributed by atoms with Crippen LogP contribution in [0, 0.1) is 5.92 Å². The van der Waals surface area contributed by atoms with Crippen molar-refractivity contribution in [1.29, 1.82) is 0 Å². The van der Waals surface area contributed by atoms with Gasteiger partial charge >= 0.3 is 0 Å². The Morgan fingerprint density at radius 1 is 1.25 bits per heavy atom. The lowest BCUT2D eigenvalue weighted by atomic mass is 9.97. The normalized spacial score (nSPS) is 17.7. The summed E-state index contributed by atoms with van der Waals surface area (Å²) in [5.41, 5.74) is 0. The Kier molecular flexibility index (Phi) is 6.91. The molecule has 1 saturated heterocycles. The third-order valence-electron chi connectivity index (χ3n) is 3.86. The molecule has 0 aliphatic carbocycles. The average molecular weight is 305 g/mol. The Hall–Kier alpha value is -0.660. The summed E-state index contributed by atoms with van der Waals surface area (Å²) < 4.78 is 25.5. The molecule has 7 heteroatoms. The minimum absolute atomic E-state index is 0.264. The molecule has 1 fully saturated rings. The van der Waals surface area contributed by atoms with Gasteiger partial charge in [-0.05, 0) is 32.4 Å². The molecule has 1 rings (SSSR count). The van der Waals surface area contributed by atoms with Gasteiger partial charge in [-0.1, -0.05) is 13.8 Å². The topological polar surface area (TPSA) is 69.7 Å². The van der Waals surface area contributed by atoms with Crippen molar-refractivity contribution in [2.45, 2.75) is 26.7 Å². The third kappa shape index (κ3) is 4.71. The molecule has 118 valence electrons. The molecule has 0 aromatic carbocycles. The van der Waals surface area contributed by atoms with Gasteiger partial charge in [-0.2, -0.15) is 0 Å². The number of amides is 1. The number of nitrogens with zero attached hydrogens (tertiary/aromatic N) is 2. The molecule has 1 aliphatic heterocycles. The molecular formula is C13H27N3O3S. The highest BCUT2D eigenvalue weighted by atomic mass is 32.2. The first-order chi connectivity index (χ1) is 9.44. The van der Waals surface area contributed by atoms with Crippen molar-refractivity contribution in [3.63, 3.8) is 0 Å². The highest BCUT2D eigenvalue weighted by Gasteiger charge is 2.28. The van der Waals surface area contributed by atoms with Crippen molar-refractivity contribution < 1.29 is 13.2 Å². The highest BCUT2D eigenvalue weighted by Crippen LogP contribution is 2.17. The van der Waals surface area contributed by atoms with E-state index in [0.29, 0.717) is 32.1 Å². The predicted molar refractivity (Wildman–Crippen MR) is 79.9 cm³/mol. The van der Waals surface area contributed by atoms with Crippen LogP contribution >= 0.6 is 0 Å². The summed E-state index contributed by atoms with van der Waals surface area (Å²) in [6.45, 7) is 6.69. The molecule has 0 radical (unpaired) electrons. The first-order valence-corrected chi connectivity index (χ1v) is 8.95. The van der Waals surface area contributed by atoms with E-state index in [4.69, 9.17) is 0 Å². The molecule has 0 aromatic rings. The van der Waals surface area contributed by atoms with Crippen LogP contribution in [0.15, 0.2) is 0 Å². The summed E-state index contributed by atoms with van der Waals surface area (Å²) >= 11 is 0. The van der Waals surface area contributed by atoms with Gasteiger partial charge in [0.15, 0.2) is 0 Å². The Morgan fingerprint density at radius 3 is 2.25 bits per heavy atom. The molecule has 0 spiro atoms. The SMILES string of the molecule is CCN(CC)S(=O)(=O)CC(=O)N1CCC(CNC)CC1. The van der Waals surface area contributed by atoms with Crippen molar-refractivity contribution >= 4 is 15.9 Å². The number of hydrogen-bond donors (Lipinski definition) is 1. The third-order valence-corrected chi connectivity index (χ3v) is 5.78. The second kappa shape index (κ2) is 7.95. The summed E-state index contributed by atoms with van der Waals surface area (Å²) in [6.07, 6.45) is 1.88. The molecule has 0 atom stereocenters. The summed E-state index contributed by atoms with van der Waals surface area (Å²) in [6, 6.07) is 0. The first kappa shape index (κ1) is 17.4. The monoisotopic (exact) mass is 305 g/mol. The van der Waals surface area contributed by atoms with Crippen LogP contribution < -0.4 is 5.32 Å². The van der Waals surface area contributed by atoms with Gasteiger partial charge in [0.05, 0.1) is 0 Å². The number of likely N-dealkylation sites (tertiary alicyclic amines) is 1. The van der Waals surface area contributed by atoms with Crippen LogP contribution in [0.1, 0.15) is 26.7 Å². The standard InChI is InChI=1S/C13H27N3O3S/c1-4-16(5-2)20(18,19)11-13(17)15-8-6-12(7-9-15)10-14-3/h12,14H,4-11H2,1-3H3. The Bertz CT molecular complexity index is 399. The maximum absolute atomic E-state index is 12.1. The van der Waals surface area contributed by atoms with Gasteiger partial charge in [0.2, 0.25) is 15.9 Å². The zero-order chi connectivity index (χ0) is 15.2. The van der Waals surface area contributed by atoms with Crippen molar-refractivity contribution in [3.05, 3.63) is 0 Å². The number of nitrogens with one attached hydrogen (secondary N) is 1. The van der Waals surface area contributed by atoms with E-state index in [0.717, 1.165) is 19.4 Å². The van der Waals surface area contributed by atoms with E-state index in [-0.39, 0.29) is 5.91 Å². The van der Waals surface area contributed by atoms with E-state index in [9.17, 15) is 13.2 Å². The summed E-state index contributed by atoms with van der Waals surface area (Å²) in [7, 11) is -1.54. The van der Waals surface area contributed by atoms with Gasteiger partial charge in [-0.25, -0.2) is 12.7 Å². The number of rotatable bonds is 7. The number of piperidine rings is 1. The van der Waals surface area contributed by atoms with Crippen LogP contribution in [0.25, 0.3) is 0 Å². The maximum atomic E-state index is 12.1. The molecule has 0 aromatic heterocycles. The van der Waals surface area contributed by atoms with Crippen molar-refractivity contribution in [2.24, 2.45) is 5.92 Å². The van der Waals surface area contributed by atoms with Gasteiger partial charge in [-0.15, -0.1) is 0 Å². The lowest BCUT2D eigenvalue weighted by Gasteiger charge is -2.32. The van der Waals surface area contributed by atoms with E-state index in [1.807, 2.05) is 7.05 Å². The number of sulfonamides is 1. The van der Waals surface area contributed by atoms with Crippen LogP contribution in [-0.2, 0) is 14.8 Å². The molecular weight excluding hydrogens is 278 g/mol. The summed E-state index contributed by atoms with van der Waals surface area (Å²) in [5, 5.41) is 3.14. The Balaban J connectivity index is 2.52. The maximum Gasteiger partial charge on any atom is 0.239 e. The molecule has 6 nitrogen and oxygen atoms in total. The van der Waals surface area contributed by atoms with Gasteiger partial charge < -0.3 is 10.2 Å². The van der Waals surface area contributed by atoms with Crippen LogP contribution in [0.3, 0.4) is 0 Å². The van der Waals surface area contributed by atoms with E-state index >= 15 is 0 Å². The highest BCUT2D eigenvalue weighted by molar-refractivity contribution is 7.89. The quantitative estimate of drug-likeness (QED) is 0.725. The average Bonchev–Trinajstić information content (AvgIpc) is 2.40. The molecule has 1 heterocycles. The first-order valence-electron chi connectivity index (χ1n) is 7.34. The van der Waals surface area contributed by atoms with Gasteiger partial charge in [0.25, 0.3) is 0 Å². The van der Waals surface area contributed by atoms with Crippen molar-refractivity contribution in [2.75, 3.05) is 45.5 Å². The molecule has 0 unspecified atom stereocenters. The van der Waals surface area contributed by atoms with Gasteiger partial charge in [0.1, 0.15) is 5.75 Å². The Morgan fingerprint density at radius 2 is 1.80 bits per heavy atom. The second-order valence-corrected chi connectivity index (χ2v) is 7.19. The van der Waals surface area contributed by atoms with Crippen LogP contribution in [-0.4, -0.2) is 69.1 Å². The smallest absolute Gasteiger partial charge is 0.239 e. The zero-order valence-electron chi connectivity index (χ0n) is 12.8. The van der Waals surface area contributed by atoms with Crippen LogP contribution in [0.5, 0.6) is 0 Å². The fourth-order valence-corrected chi connectivity index (χ4v) is 4.09. The molecule has 0 saturated carbocycles. The van der Waals surface area contributed by atoms with Gasteiger partial charge in [-0.3, -0.25) is 4.79 Å². The van der Waals surface area contributed by atoms with Crippen molar-refractivity contribution in [1.82, 2.24) is 14.5 Å². The molecule has 1 N–H and O–H groups in total.